The zero-order valence-electron chi connectivity index (χ0n) is 13.8. The predicted molar refractivity (Wildman–Crippen MR) is 88.6 cm³/mol. The van der Waals surface area contributed by atoms with Crippen LogP contribution in [-0.2, 0) is 23.1 Å². The molecule has 9 heteroatoms. The number of nitrogens with zero attached hydrogens (tertiary/aromatic N) is 1. The molecule has 8 nitrogen and oxygen atoms in total. The number of carbonyl (C=O) groups excluding carboxylic acids is 1. The lowest BCUT2D eigenvalue weighted by Crippen LogP contribution is -2.11. The van der Waals surface area contributed by atoms with Gasteiger partial charge < -0.3 is 13.8 Å². The van der Waals surface area contributed by atoms with Gasteiger partial charge in [-0.25, -0.2) is 4.79 Å². The summed E-state index contributed by atoms with van der Waals surface area (Å²) >= 11 is 0. The van der Waals surface area contributed by atoms with Gasteiger partial charge in [0.15, 0.2) is 0 Å². The minimum atomic E-state index is -3.90. The smallest absolute Gasteiger partial charge is 0.368 e. The summed E-state index contributed by atoms with van der Waals surface area (Å²) in [5.41, 5.74) is 0.154. The molecule has 0 saturated carbocycles. The molecule has 0 spiro atoms. The molecule has 0 aromatic heterocycles. The lowest BCUT2D eigenvalue weighted by Gasteiger charge is -2.19. The van der Waals surface area contributed by atoms with Crippen molar-refractivity contribution in [3.8, 4) is 0 Å². The second kappa shape index (κ2) is 9.32. The van der Waals surface area contributed by atoms with E-state index in [4.69, 9.17) is 13.8 Å². The number of nitro benzene ring substituents is 1. The molecule has 1 aromatic carbocycles. The lowest BCUT2D eigenvalue weighted by atomic mass is 10.2. The van der Waals surface area contributed by atoms with Gasteiger partial charge in [-0.15, -0.1) is 0 Å². The van der Waals surface area contributed by atoms with Crippen LogP contribution in [0.4, 0.5) is 5.69 Å². The zero-order valence-corrected chi connectivity index (χ0v) is 14.7. The highest BCUT2D eigenvalue weighted by molar-refractivity contribution is 7.60. The van der Waals surface area contributed by atoms with Crippen LogP contribution in [0.25, 0.3) is 6.08 Å². The number of hydrogen-bond donors (Lipinski definition) is 0. The molecule has 0 bridgehead atoms. The first kappa shape index (κ1) is 20.0. The maximum absolute atomic E-state index is 12.9. The maximum Gasteiger partial charge on any atom is 0.368 e. The summed E-state index contributed by atoms with van der Waals surface area (Å²) in [7, 11) is -3.90. The number of hydrogen-bond acceptors (Lipinski definition) is 7. The molecule has 0 radical (unpaired) electrons. The van der Waals surface area contributed by atoms with E-state index in [2.05, 4.69) is 0 Å². The molecule has 0 aliphatic carbocycles. The highest BCUT2D eigenvalue weighted by Crippen LogP contribution is 2.57. The van der Waals surface area contributed by atoms with E-state index in [0.29, 0.717) is 5.56 Å². The molecule has 0 heterocycles. The van der Waals surface area contributed by atoms with Gasteiger partial charge in [0.25, 0.3) is 5.69 Å². The van der Waals surface area contributed by atoms with Gasteiger partial charge in [-0.05, 0) is 32.4 Å². The van der Waals surface area contributed by atoms with Crippen molar-refractivity contribution in [3.05, 3.63) is 45.3 Å². The van der Waals surface area contributed by atoms with Gasteiger partial charge >= 0.3 is 13.6 Å². The molecule has 24 heavy (non-hydrogen) atoms. The first-order valence-electron chi connectivity index (χ1n) is 7.40. The van der Waals surface area contributed by atoms with Crippen molar-refractivity contribution in [2.45, 2.75) is 20.8 Å². The van der Waals surface area contributed by atoms with Crippen molar-refractivity contribution in [2.24, 2.45) is 0 Å². The van der Waals surface area contributed by atoms with E-state index in [0.717, 1.165) is 0 Å². The van der Waals surface area contributed by atoms with E-state index < -0.39 is 18.5 Å². The average Bonchev–Trinajstić information content (AvgIpc) is 2.53. The molecule has 0 N–H and O–H groups in total. The topological polar surface area (TPSA) is 105 Å². The van der Waals surface area contributed by atoms with Crippen molar-refractivity contribution in [1.29, 1.82) is 0 Å². The van der Waals surface area contributed by atoms with Crippen molar-refractivity contribution >= 4 is 25.3 Å². The van der Waals surface area contributed by atoms with Crippen molar-refractivity contribution < 1.29 is 28.1 Å². The predicted octanol–water partition coefficient (Wildman–Crippen LogP) is 3.76. The number of nitro groups is 1. The van der Waals surface area contributed by atoms with E-state index in [1.807, 2.05) is 0 Å². The quantitative estimate of drug-likeness (QED) is 0.218. The third-order valence-corrected chi connectivity index (χ3v) is 4.86. The van der Waals surface area contributed by atoms with Crippen LogP contribution in [0.5, 0.6) is 0 Å². The fourth-order valence-corrected chi connectivity index (χ4v) is 3.48. The number of benzene rings is 1. The Morgan fingerprint density at radius 1 is 1.21 bits per heavy atom. The fraction of sp³-hybridized carbons (Fsp3) is 0.400. The molecular weight excluding hydrogens is 337 g/mol. The van der Waals surface area contributed by atoms with E-state index in [9.17, 15) is 19.5 Å². The van der Waals surface area contributed by atoms with Crippen LogP contribution >= 0.6 is 7.60 Å². The van der Waals surface area contributed by atoms with E-state index in [1.165, 1.54) is 30.3 Å². The van der Waals surface area contributed by atoms with Gasteiger partial charge in [0, 0.05) is 12.1 Å². The van der Waals surface area contributed by atoms with Crippen LogP contribution in [0.2, 0.25) is 0 Å². The summed E-state index contributed by atoms with van der Waals surface area (Å²) in [5.74, 6) is -0.853. The summed E-state index contributed by atoms with van der Waals surface area (Å²) in [6.07, 6.45) is 1.23. The molecule has 132 valence electrons. The summed E-state index contributed by atoms with van der Waals surface area (Å²) in [6.45, 7) is 5.02. The van der Waals surface area contributed by atoms with Crippen molar-refractivity contribution in [2.75, 3.05) is 19.8 Å². The second-order valence-corrected chi connectivity index (χ2v) is 6.43. The Bertz CT molecular complexity index is 662. The van der Waals surface area contributed by atoms with Gasteiger partial charge in [0.05, 0.1) is 24.7 Å². The standard InChI is InChI=1S/C15H20NO7P/c1-4-21-15(17)14(24(20,22-5-2)23-6-3)11-12-8-7-9-13(10-12)16(18)19/h7-11H,4-6H2,1-3H3/b14-11+. The SMILES string of the molecule is CCOC(=O)/C(=C\c1cccc([N+](=O)[O-])c1)P(=O)(OCC)OCC. The Hall–Kier alpha value is -2.02. The summed E-state index contributed by atoms with van der Waals surface area (Å²) in [6, 6.07) is 5.56. The van der Waals surface area contributed by atoms with Gasteiger partial charge in [-0.2, -0.15) is 0 Å². The minimum absolute atomic E-state index is 0.0585. The summed E-state index contributed by atoms with van der Waals surface area (Å²) in [5, 5.41) is 10.6. The molecule has 0 aliphatic heterocycles. The third-order valence-electron chi connectivity index (χ3n) is 2.76. The molecular formula is C15H20NO7P. The van der Waals surface area contributed by atoms with E-state index in [1.54, 1.807) is 20.8 Å². The monoisotopic (exact) mass is 357 g/mol. The molecule has 1 aromatic rings. The van der Waals surface area contributed by atoms with Crippen molar-refractivity contribution in [3.63, 3.8) is 0 Å². The Balaban J connectivity index is 3.41. The van der Waals surface area contributed by atoms with Crippen LogP contribution in [0.3, 0.4) is 0 Å². The zero-order chi connectivity index (χ0) is 18.2. The molecule has 0 atom stereocenters. The Kier molecular flexibility index (Phi) is 7.78. The minimum Gasteiger partial charge on any atom is -0.462 e. The van der Waals surface area contributed by atoms with Crippen molar-refractivity contribution in [1.82, 2.24) is 0 Å². The van der Waals surface area contributed by atoms with Crippen LogP contribution < -0.4 is 0 Å². The molecule has 0 amide bonds. The van der Waals surface area contributed by atoms with Crippen LogP contribution in [0.15, 0.2) is 29.6 Å². The summed E-state index contributed by atoms with van der Waals surface area (Å²) in [4.78, 5) is 22.5. The van der Waals surface area contributed by atoms with Gasteiger partial charge in [-0.1, -0.05) is 12.1 Å². The summed E-state index contributed by atoms with van der Waals surface area (Å²) < 4.78 is 28.2. The second-order valence-electron chi connectivity index (χ2n) is 4.44. The lowest BCUT2D eigenvalue weighted by molar-refractivity contribution is -0.384. The van der Waals surface area contributed by atoms with Crippen LogP contribution in [0.1, 0.15) is 26.3 Å². The van der Waals surface area contributed by atoms with Crippen LogP contribution in [-0.4, -0.2) is 30.7 Å². The third kappa shape index (κ3) is 5.26. The fourth-order valence-electron chi connectivity index (χ4n) is 1.86. The number of esters is 1. The normalized spacial score (nSPS) is 12.0. The largest absolute Gasteiger partial charge is 0.462 e. The highest BCUT2D eigenvalue weighted by Gasteiger charge is 2.36. The first-order valence-corrected chi connectivity index (χ1v) is 8.95. The molecule has 0 aliphatic rings. The van der Waals surface area contributed by atoms with Crippen LogP contribution in [0, 0.1) is 10.1 Å². The first-order chi connectivity index (χ1) is 11.4. The Labute approximate surface area is 140 Å². The molecule has 1 rings (SSSR count). The molecule has 0 unspecified atom stereocenters. The van der Waals surface area contributed by atoms with Gasteiger partial charge in [0.2, 0.25) is 0 Å². The van der Waals surface area contributed by atoms with E-state index >= 15 is 0 Å². The number of rotatable bonds is 9. The number of non-ortho nitro benzene ring substituents is 1. The number of ether oxygens (including phenoxy) is 1. The van der Waals surface area contributed by atoms with Gasteiger partial charge in [-0.3, -0.25) is 14.7 Å². The molecule has 0 saturated heterocycles. The highest BCUT2D eigenvalue weighted by atomic mass is 31.2. The van der Waals surface area contributed by atoms with E-state index in [-0.39, 0.29) is 30.8 Å². The molecule has 0 fully saturated rings. The van der Waals surface area contributed by atoms with Gasteiger partial charge in [0.1, 0.15) is 5.31 Å². The Morgan fingerprint density at radius 3 is 2.33 bits per heavy atom. The number of carbonyl (C=O) groups is 1. The average molecular weight is 357 g/mol. The maximum atomic E-state index is 12.9. The Morgan fingerprint density at radius 2 is 1.83 bits per heavy atom.